The Kier molecular flexibility index (Phi) is 4.78. The van der Waals surface area contributed by atoms with E-state index in [0.717, 1.165) is 18.4 Å². The van der Waals surface area contributed by atoms with E-state index in [0.29, 0.717) is 18.8 Å². The van der Waals surface area contributed by atoms with E-state index < -0.39 is 15.9 Å². The number of aryl methyl sites for hydroxylation is 1. The highest BCUT2D eigenvalue weighted by Crippen LogP contribution is 2.26. The van der Waals surface area contributed by atoms with Crippen molar-refractivity contribution in [2.45, 2.75) is 24.7 Å². The first kappa shape index (κ1) is 17.4. The van der Waals surface area contributed by atoms with Gasteiger partial charge in [0.25, 0.3) is 5.91 Å². The molecule has 3 rings (SSSR count). The number of carbonyl (C=O) groups excluding carboxylic acids is 1. The molecule has 0 aromatic heterocycles. The molecule has 2 aromatic carbocycles. The molecule has 1 saturated heterocycles. The van der Waals surface area contributed by atoms with Crippen molar-refractivity contribution in [3.8, 4) is 5.75 Å². The molecule has 1 fully saturated rings. The van der Waals surface area contributed by atoms with Gasteiger partial charge in [0.2, 0.25) is 10.0 Å². The molecule has 0 atom stereocenters. The van der Waals surface area contributed by atoms with Crippen LogP contribution in [0.1, 0.15) is 28.8 Å². The van der Waals surface area contributed by atoms with E-state index >= 15 is 0 Å². The zero-order valence-corrected chi connectivity index (χ0v) is 14.7. The Balaban J connectivity index is 1.88. The molecular weight excluding hydrogens is 340 g/mol. The highest BCUT2D eigenvalue weighted by Gasteiger charge is 2.28. The van der Waals surface area contributed by atoms with Gasteiger partial charge in [-0.15, -0.1) is 0 Å². The average Bonchev–Trinajstić information content (AvgIpc) is 3.12. The Bertz CT molecular complexity index is 886. The predicted octanol–water partition coefficient (Wildman–Crippen LogP) is 2.74. The van der Waals surface area contributed by atoms with E-state index in [1.54, 1.807) is 12.1 Å². The molecule has 0 unspecified atom stereocenters. The largest absolute Gasteiger partial charge is 0.507 e. The smallest absolute Gasteiger partial charge is 0.259 e. The number of phenolic OH excluding ortho intramolecular Hbond substituents is 1. The second-order valence-electron chi connectivity index (χ2n) is 6.11. The van der Waals surface area contributed by atoms with Crippen molar-refractivity contribution >= 4 is 21.6 Å². The van der Waals surface area contributed by atoms with Crippen molar-refractivity contribution in [2.24, 2.45) is 0 Å². The molecule has 25 heavy (non-hydrogen) atoms. The van der Waals surface area contributed by atoms with Gasteiger partial charge in [-0.25, -0.2) is 8.42 Å². The third kappa shape index (κ3) is 3.67. The number of benzene rings is 2. The topological polar surface area (TPSA) is 86.7 Å². The number of nitrogens with zero attached hydrogens (tertiary/aromatic N) is 1. The second-order valence-corrected chi connectivity index (χ2v) is 8.05. The van der Waals surface area contributed by atoms with Crippen LogP contribution in [0.15, 0.2) is 47.4 Å². The maximum atomic E-state index is 12.6. The van der Waals surface area contributed by atoms with Crippen LogP contribution in [-0.4, -0.2) is 36.8 Å². The van der Waals surface area contributed by atoms with Crippen LogP contribution in [0, 0.1) is 6.92 Å². The number of sulfonamides is 1. The molecule has 2 N–H and O–H groups in total. The summed E-state index contributed by atoms with van der Waals surface area (Å²) in [5, 5.41) is 12.7. The Hall–Kier alpha value is -2.38. The summed E-state index contributed by atoms with van der Waals surface area (Å²) in [4.78, 5) is 12.5. The van der Waals surface area contributed by atoms with Crippen molar-refractivity contribution in [1.82, 2.24) is 4.31 Å². The normalized spacial score (nSPS) is 15.2. The Morgan fingerprint density at radius 3 is 2.36 bits per heavy atom. The fourth-order valence-electron chi connectivity index (χ4n) is 2.77. The molecule has 1 heterocycles. The average molecular weight is 360 g/mol. The summed E-state index contributed by atoms with van der Waals surface area (Å²) in [7, 11) is -3.65. The molecule has 0 saturated carbocycles. The Labute approximate surface area is 147 Å². The van der Waals surface area contributed by atoms with Crippen LogP contribution < -0.4 is 5.32 Å². The molecule has 0 bridgehead atoms. The third-order valence-electron chi connectivity index (χ3n) is 4.22. The van der Waals surface area contributed by atoms with Crippen LogP contribution in [0.4, 0.5) is 5.69 Å². The van der Waals surface area contributed by atoms with Crippen LogP contribution in [0.5, 0.6) is 5.75 Å². The molecule has 7 heteroatoms. The van der Waals surface area contributed by atoms with Gasteiger partial charge in [0.1, 0.15) is 5.75 Å². The summed E-state index contributed by atoms with van der Waals surface area (Å²) in [6.45, 7) is 2.90. The van der Waals surface area contributed by atoms with Crippen molar-refractivity contribution in [2.75, 3.05) is 18.4 Å². The highest BCUT2D eigenvalue weighted by atomic mass is 32.2. The molecule has 132 valence electrons. The lowest BCUT2D eigenvalue weighted by atomic mass is 10.1. The van der Waals surface area contributed by atoms with Crippen molar-refractivity contribution < 1.29 is 18.3 Å². The summed E-state index contributed by atoms with van der Waals surface area (Å²) in [5.41, 5.74) is 1.56. The number of hydrogen-bond acceptors (Lipinski definition) is 4. The van der Waals surface area contributed by atoms with Crippen molar-refractivity contribution in [3.05, 3.63) is 53.6 Å². The standard InChI is InChI=1S/C18H20N2O4S/c1-13-4-6-14(7-5-13)19-18(22)16-12-15(8-9-17(16)21)25(23,24)20-10-2-3-11-20/h4-9,12,21H,2-3,10-11H2,1H3,(H,19,22). The van der Waals surface area contributed by atoms with Crippen LogP contribution in [0.3, 0.4) is 0 Å². The third-order valence-corrected chi connectivity index (χ3v) is 6.12. The minimum atomic E-state index is -3.65. The van der Waals surface area contributed by atoms with Gasteiger partial charge in [-0.05, 0) is 50.1 Å². The fraction of sp³-hybridized carbons (Fsp3) is 0.278. The van der Waals surface area contributed by atoms with E-state index in [1.807, 2.05) is 19.1 Å². The number of aromatic hydroxyl groups is 1. The van der Waals surface area contributed by atoms with Gasteiger partial charge in [0.15, 0.2) is 0 Å². The Morgan fingerprint density at radius 2 is 1.72 bits per heavy atom. The lowest BCUT2D eigenvalue weighted by Crippen LogP contribution is -2.28. The van der Waals surface area contributed by atoms with E-state index in [4.69, 9.17) is 0 Å². The van der Waals surface area contributed by atoms with Gasteiger partial charge >= 0.3 is 0 Å². The quantitative estimate of drug-likeness (QED) is 0.878. The van der Waals surface area contributed by atoms with Crippen LogP contribution in [-0.2, 0) is 10.0 Å². The lowest BCUT2D eigenvalue weighted by Gasteiger charge is -2.16. The second kappa shape index (κ2) is 6.85. The summed E-state index contributed by atoms with van der Waals surface area (Å²) >= 11 is 0. The zero-order valence-electron chi connectivity index (χ0n) is 13.9. The van der Waals surface area contributed by atoms with Gasteiger partial charge in [-0.1, -0.05) is 17.7 Å². The molecule has 2 aromatic rings. The molecule has 0 radical (unpaired) electrons. The van der Waals surface area contributed by atoms with E-state index in [-0.39, 0.29) is 16.2 Å². The summed E-state index contributed by atoms with van der Waals surface area (Å²) < 4.78 is 26.7. The minimum Gasteiger partial charge on any atom is -0.507 e. The lowest BCUT2D eigenvalue weighted by molar-refractivity contribution is 0.102. The monoisotopic (exact) mass is 360 g/mol. The number of rotatable bonds is 4. The molecule has 0 aliphatic carbocycles. The van der Waals surface area contributed by atoms with Gasteiger partial charge in [0, 0.05) is 18.8 Å². The molecule has 1 aliphatic rings. The van der Waals surface area contributed by atoms with Crippen LogP contribution in [0.25, 0.3) is 0 Å². The fourth-order valence-corrected chi connectivity index (χ4v) is 4.31. The zero-order chi connectivity index (χ0) is 18.0. The predicted molar refractivity (Wildman–Crippen MR) is 95.2 cm³/mol. The van der Waals surface area contributed by atoms with Gasteiger partial charge < -0.3 is 10.4 Å². The number of phenols is 1. The first-order valence-corrected chi connectivity index (χ1v) is 9.53. The summed E-state index contributed by atoms with van der Waals surface area (Å²) in [5.74, 6) is -0.815. The maximum Gasteiger partial charge on any atom is 0.259 e. The van der Waals surface area contributed by atoms with Gasteiger partial charge in [-0.3, -0.25) is 4.79 Å². The van der Waals surface area contributed by atoms with Crippen molar-refractivity contribution in [3.63, 3.8) is 0 Å². The summed E-state index contributed by atoms with van der Waals surface area (Å²) in [6.07, 6.45) is 1.66. The number of carbonyl (C=O) groups is 1. The number of anilines is 1. The summed E-state index contributed by atoms with van der Waals surface area (Å²) in [6, 6.07) is 11.0. The number of amides is 1. The minimum absolute atomic E-state index is 0.0151. The van der Waals surface area contributed by atoms with Gasteiger partial charge in [0.05, 0.1) is 10.5 Å². The van der Waals surface area contributed by atoms with E-state index in [1.165, 1.54) is 22.5 Å². The number of hydrogen-bond donors (Lipinski definition) is 2. The van der Waals surface area contributed by atoms with Crippen LogP contribution >= 0.6 is 0 Å². The maximum absolute atomic E-state index is 12.6. The molecule has 1 aliphatic heterocycles. The van der Waals surface area contributed by atoms with E-state index in [2.05, 4.69) is 5.32 Å². The Morgan fingerprint density at radius 1 is 1.08 bits per heavy atom. The van der Waals surface area contributed by atoms with E-state index in [9.17, 15) is 18.3 Å². The van der Waals surface area contributed by atoms with Crippen LogP contribution in [0.2, 0.25) is 0 Å². The first-order valence-electron chi connectivity index (χ1n) is 8.09. The number of nitrogens with one attached hydrogen (secondary N) is 1. The molecule has 0 spiro atoms. The molecular formula is C18H20N2O4S. The first-order chi connectivity index (χ1) is 11.9. The van der Waals surface area contributed by atoms with Crippen molar-refractivity contribution in [1.29, 1.82) is 0 Å². The molecule has 6 nitrogen and oxygen atoms in total. The highest BCUT2D eigenvalue weighted by molar-refractivity contribution is 7.89. The molecule has 1 amide bonds. The van der Waals surface area contributed by atoms with Gasteiger partial charge in [-0.2, -0.15) is 4.31 Å². The SMILES string of the molecule is Cc1ccc(NC(=O)c2cc(S(=O)(=O)N3CCCC3)ccc2O)cc1.